The summed E-state index contributed by atoms with van der Waals surface area (Å²) in [5.74, 6) is -0.0895. The van der Waals surface area contributed by atoms with Gasteiger partial charge in [0.1, 0.15) is 0 Å². The summed E-state index contributed by atoms with van der Waals surface area (Å²) in [6, 6.07) is 14.7. The van der Waals surface area contributed by atoms with Crippen molar-refractivity contribution in [3.8, 4) is 0 Å². The Morgan fingerprint density at radius 2 is 1.89 bits per heavy atom. The van der Waals surface area contributed by atoms with Crippen LogP contribution in [0.4, 0.5) is 5.69 Å². The third kappa shape index (κ3) is 3.70. The van der Waals surface area contributed by atoms with Gasteiger partial charge >= 0.3 is 0 Å². The highest BCUT2D eigenvalue weighted by Crippen LogP contribution is 2.36. The van der Waals surface area contributed by atoms with Crippen LogP contribution in [0.5, 0.6) is 0 Å². The zero-order chi connectivity index (χ0) is 18.8. The summed E-state index contributed by atoms with van der Waals surface area (Å²) in [4.78, 5) is 28.0. The molecule has 0 aliphatic carbocycles. The molecule has 1 N–H and O–H groups in total. The summed E-state index contributed by atoms with van der Waals surface area (Å²) in [6.45, 7) is 1.70. The minimum absolute atomic E-state index is 0.0453. The van der Waals surface area contributed by atoms with Crippen molar-refractivity contribution in [2.24, 2.45) is 0 Å². The number of hydrogen-bond acceptors (Lipinski definition) is 5. The van der Waals surface area contributed by atoms with Gasteiger partial charge in [-0.25, -0.2) is 0 Å². The Balaban J connectivity index is 1.71. The first-order chi connectivity index (χ1) is 13.1. The molecule has 2 atom stereocenters. The molecule has 0 aromatic heterocycles. The van der Waals surface area contributed by atoms with Crippen molar-refractivity contribution in [2.75, 3.05) is 13.1 Å². The number of benzene rings is 2. The van der Waals surface area contributed by atoms with E-state index in [0.29, 0.717) is 5.56 Å². The minimum atomic E-state index is -0.438. The van der Waals surface area contributed by atoms with Gasteiger partial charge in [0.2, 0.25) is 0 Å². The molecule has 27 heavy (non-hydrogen) atoms. The first kappa shape index (κ1) is 18.0. The molecule has 2 aromatic carbocycles. The second-order valence-electron chi connectivity index (χ2n) is 6.94. The van der Waals surface area contributed by atoms with Crippen molar-refractivity contribution in [1.82, 2.24) is 10.2 Å². The fourth-order valence-corrected chi connectivity index (χ4v) is 4.90. The van der Waals surface area contributed by atoms with Crippen molar-refractivity contribution >= 4 is 23.4 Å². The Labute approximate surface area is 162 Å². The Bertz CT molecular complexity index is 845. The van der Waals surface area contributed by atoms with Crippen LogP contribution in [0.25, 0.3) is 0 Å². The number of carbonyl (C=O) groups is 1. The molecule has 2 aliphatic rings. The Morgan fingerprint density at radius 3 is 2.67 bits per heavy atom. The van der Waals surface area contributed by atoms with Crippen LogP contribution < -0.4 is 5.32 Å². The molecule has 6 nitrogen and oxygen atoms in total. The highest BCUT2D eigenvalue weighted by atomic mass is 32.2. The number of rotatable bonds is 4. The normalized spacial score (nSPS) is 21.7. The van der Waals surface area contributed by atoms with E-state index in [1.807, 2.05) is 35.2 Å². The van der Waals surface area contributed by atoms with Crippen LogP contribution in [0.15, 0.2) is 58.3 Å². The number of nitrogens with one attached hydrogen (secondary N) is 1. The van der Waals surface area contributed by atoms with E-state index in [1.54, 1.807) is 6.07 Å². The summed E-state index contributed by atoms with van der Waals surface area (Å²) in [5.41, 5.74) is 0.382. The van der Waals surface area contributed by atoms with Crippen LogP contribution >= 0.6 is 11.8 Å². The summed E-state index contributed by atoms with van der Waals surface area (Å²) < 4.78 is 0. The van der Waals surface area contributed by atoms with Gasteiger partial charge in [-0.05, 0) is 44.0 Å². The molecule has 0 spiro atoms. The van der Waals surface area contributed by atoms with E-state index in [0.717, 1.165) is 42.1 Å². The second-order valence-corrected chi connectivity index (χ2v) is 8.06. The summed E-state index contributed by atoms with van der Waals surface area (Å²) in [6.07, 6.45) is 2.92. The van der Waals surface area contributed by atoms with Gasteiger partial charge in [-0.1, -0.05) is 30.0 Å². The van der Waals surface area contributed by atoms with Crippen LogP contribution in [-0.4, -0.2) is 40.9 Å². The molecule has 2 aromatic rings. The lowest BCUT2D eigenvalue weighted by Gasteiger charge is -2.28. The fraction of sp³-hybridized carbons (Fsp3) is 0.350. The maximum absolute atomic E-state index is 13.5. The molecule has 2 bridgehead atoms. The maximum atomic E-state index is 13.5. The first-order valence-corrected chi connectivity index (χ1v) is 10.00. The van der Waals surface area contributed by atoms with Crippen LogP contribution in [0.3, 0.4) is 0 Å². The van der Waals surface area contributed by atoms with Gasteiger partial charge in [-0.2, -0.15) is 0 Å². The molecule has 2 fully saturated rings. The lowest BCUT2D eigenvalue weighted by atomic mass is 10.1. The highest BCUT2D eigenvalue weighted by Gasteiger charge is 2.39. The number of nitrogens with zero attached hydrogens (tertiary/aromatic N) is 2. The first-order valence-electron chi connectivity index (χ1n) is 9.18. The number of non-ortho nitro benzene ring substituents is 1. The second kappa shape index (κ2) is 7.70. The minimum Gasteiger partial charge on any atom is -0.331 e. The third-order valence-electron chi connectivity index (χ3n) is 5.26. The summed E-state index contributed by atoms with van der Waals surface area (Å²) >= 11 is 1.47. The predicted molar refractivity (Wildman–Crippen MR) is 104 cm³/mol. The van der Waals surface area contributed by atoms with Crippen molar-refractivity contribution in [3.63, 3.8) is 0 Å². The zero-order valence-corrected chi connectivity index (χ0v) is 15.7. The summed E-state index contributed by atoms with van der Waals surface area (Å²) in [5, 5.41) is 14.7. The predicted octanol–water partition coefficient (Wildman–Crippen LogP) is 3.71. The summed E-state index contributed by atoms with van der Waals surface area (Å²) in [7, 11) is 0. The molecule has 2 unspecified atom stereocenters. The van der Waals surface area contributed by atoms with E-state index >= 15 is 0 Å². The molecular weight excluding hydrogens is 362 g/mol. The number of hydrogen-bond donors (Lipinski definition) is 1. The third-order valence-corrected chi connectivity index (χ3v) is 6.35. The molecule has 0 saturated carbocycles. The SMILES string of the molecule is O=C(c1cc([N+](=O)[O-])ccc1Sc1ccccc1)N1C2CCNCC1CC2. The lowest BCUT2D eigenvalue weighted by Crippen LogP contribution is -2.42. The topological polar surface area (TPSA) is 75.5 Å². The Kier molecular flexibility index (Phi) is 5.13. The van der Waals surface area contributed by atoms with E-state index < -0.39 is 4.92 Å². The Hall–Kier alpha value is -2.38. The van der Waals surface area contributed by atoms with Gasteiger partial charge < -0.3 is 10.2 Å². The number of carbonyl (C=O) groups excluding carboxylic acids is 1. The average Bonchev–Trinajstić information content (AvgIpc) is 2.94. The van der Waals surface area contributed by atoms with Crippen molar-refractivity contribution < 1.29 is 9.72 Å². The molecule has 4 rings (SSSR count). The number of fused-ring (bicyclic) bond motifs is 2. The molecule has 1 amide bonds. The molecule has 140 valence electrons. The monoisotopic (exact) mass is 383 g/mol. The molecule has 7 heteroatoms. The van der Waals surface area contributed by atoms with Crippen LogP contribution in [-0.2, 0) is 0 Å². The van der Waals surface area contributed by atoms with Gasteiger partial charge in [0.25, 0.3) is 11.6 Å². The smallest absolute Gasteiger partial charge is 0.270 e. The van der Waals surface area contributed by atoms with Gasteiger partial charge in [0.05, 0.1) is 10.5 Å². The van der Waals surface area contributed by atoms with Gasteiger partial charge in [-0.15, -0.1) is 0 Å². The van der Waals surface area contributed by atoms with E-state index in [4.69, 9.17) is 0 Å². The van der Waals surface area contributed by atoms with E-state index in [1.165, 1.54) is 23.9 Å². The molecule has 2 heterocycles. The zero-order valence-electron chi connectivity index (χ0n) is 14.8. The number of nitro benzene ring substituents is 1. The lowest BCUT2D eigenvalue weighted by molar-refractivity contribution is -0.384. The molecule has 2 saturated heterocycles. The van der Waals surface area contributed by atoms with Crippen molar-refractivity contribution in [1.29, 1.82) is 0 Å². The van der Waals surface area contributed by atoms with Gasteiger partial charge in [-0.3, -0.25) is 14.9 Å². The number of nitro groups is 1. The van der Waals surface area contributed by atoms with Gasteiger partial charge in [0, 0.05) is 40.6 Å². The van der Waals surface area contributed by atoms with Crippen LogP contribution in [0, 0.1) is 10.1 Å². The van der Waals surface area contributed by atoms with E-state index in [2.05, 4.69) is 5.32 Å². The largest absolute Gasteiger partial charge is 0.331 e. The standard InChI is InChI=1S/C20H21N3O3S/c24-20(22-14-6-7-16(22)13-21-11-10-14)18-12-15(23(25)26)8-9-19(18)27-17-4-2-1-3-5-17/h1-5,8-9,12,14,16,21H,6-7,10-11,13H2. The quantitative estimate of drug-likeness (QED) is 0.643. The fourth-order valence-electron chi connectivity index (χ4n) is 3.96. The molecular formula is C20H21N3O3S. The average molecular weight is 383 g/mol. The number of amides is 1. The molecule has 2 aliphatic heterocycles. The Morgan fingerprint density at radius 1 is 1.11 bits per heavy atom. The molecule has 0 radical (unpaired) electrons. The van der Waals surface area contributed by atoms with E-state index in [9.17, 15) is 14.9 Å². The highest BCUT2D eigenvalue weighted by molar-refractivity contribution is 7.99. The van der Waals surface area contributed by atoms with Crippen molar-refractivity contribution in [2.45, 2.75) is 41.1 Å². The van der Waals surface area contributed by atoms with Crippen LogP contribution in [0.1, 0.15) is 29.6 Å². The van der Waals surface area contributed by atoms with Crippen LogP contribution in [0.2, 0.25) is 0 Å². The van der Waals surface area contributed by atoms with Gasteiger partial charge in [0.15, 0.2) is 0 Å². The maximum Gasteiger partial charge on any atom is 0.270 e. The van der Waals surface area contributed by atoms with E-state index in [-0.39, 0.29) is 23.7 Å². The van der Waals surface area contributed by atoms with Crippen molar-refractivity contribution in [3.05, 3.63) is 64.2 Å².